The maximum absolute atomic E-state index is 6.16. The van der Waals surface area contributed by atoms with Gasteiger partial charge in [0, 0.05) is 12.7 Å². The van der Waals surface area contributed by atoms with Crippen molar-refractivity contribution in [1.29, 1.82) is 0 Å². The third-order valence-electron chi connectivity index (χ3n) is 4.65. The Morgan fingerprint density at radius 2 is 2.11 bits per heavy atom. The van der Waals surface area contributed by atoms with Gasteiger partial charge in [0.15, 0.2) is 5.65 Å². The molecule has 3 aliphatic rings. The predicted octanol–water partition coefficient (Wildman–Crippen LogP) is 1.59. The highest BCUT2D eigenvalue weighted by molar-refractivity contribution is 5.74. The molecular weight excluding hydrogens is 238 g/mol. The summed E-state index contributed by atoms with van der Waals surface area (Å²) in [4.78, 5) is 11.6. The second kappa shape index (κ2) is 3.93. The van der Waals surface area contributed by atoms with Gasteiger partial charge in [-0.1, -0.05) is 0 Å². The van der Waals surface area contributed by atoms with E-state index in [1.165, 1.54) is 25.9 Å². The van der Waals surface area contributed by atoms with Crippen molar-refractivity contribution in [1.82, 2.24) is 19.4 Å². The monoisotopic (exact) mass is 257 g/mol. The van der Waals surface area contributed by atoms with Gasteiger partial charge in [0.25, 0.3) is 0 Å². The summed E-state index contributed by atoms with van der Waals surface area (Å²) in [5.41, 5.74) is 9.16. The first-order valence-corrected chi connectivity index (χ1v) is 7.05. The lowest BCUT2D eigenvalue weighted by Gasteiger charge is -2.45. The summed E-state index contributed by atoms with van der Waals surface area (Å²) in [5.74, 6) is 1.35. The number of piperidine rings is 3. The molecule has 0 aromatic carbocycles. The zero-order chi connectivity index (χ0) is 13.0. The van der Waals surface area contributed by atoms with Gasteiger partial charge in [-0.3, -0.25) is 4.57 Å². The van der Waals surface area contributed by atoms with Crippen molar-refractivity contribution in [2.45, 2.75) is 25.8 Å². The Morgan fingerprint density at radius 3 is 2.79 bits per heavy atom. The van der Waals surface area contributed by atoms with Crippen LogP contribution < -0.4 is 5.73 Å². The van der Waals surface area contributed by atoms with Gasteiger partial charge in [0.2, 0.25) is 5.95 Å². The first-order valence-electron chi connectivity index (χ1n) is 7.05. The van der Waals surface area contributed by atoms with Crippen LogP contribution in [0.5, 0.6) is 0 Å². The highest BCUT2D eigenvalue weighted by atomic mass is 15.3. The Balaban J connectivity index is 1.84. The van der Waals surface area contributed by atoms with Crippen molar-refractivity contribution in [3.63, 3.8) is 0 Å². The minimum atomic E-state index is 0.447. The van der Waals surface area contributed by atoms with Crippen LogP contribution in [0.15, 0.2) is 12.3 Å². The molecule has 1 unspecified atom stereocenters. The summed E-state index contributed by atoms with van der Waals surface area (Å²) in [7, 11) is 0. The summed E-state index contributed by atoms with van der Waals surface area (Å²) in [6.45, 7) is 5.60. The Morgan fingerprint density at radius 1 is 1.32 bits per heavy atom. The Kier molecular flexibility index (Phi) is 2.33. The molecule has 0 spiro atoms. The minimum Gasteiger partial charge on any atom is -0.369 e. The standard InChI is InChI=1S/C14H19N5/c1-9-6-11-13(16-7-9)19(14(15)17-11)12-8-18-4-2-10(12)3-5-18/h6-7,10,12H,2-5,8H2,1H3,(H2,15,17). The second-order valence-corrected chi connectivity index (χ2v) is 5.90. The van der Waals surface area contributed by atoms with Crippen LogP contribution >= 0.6 is 0 Å². The Hall–Kier alpha value is -1.62. The van der Waals surface area contributed by atoms with Gasteiger partial charge in [-0.05, 0) is 50.4 Å². The topological polar surface area (TPSA) is 60.0 Å². The molecule has 5 heteroatoms. The van der Waals surface area contributed by atoms with E-state index in [4.69, 9.17) is 5.73 Å². The van der Waals surface area contributed by atoms with Crippen LogP contribution in [0.3, 0.4) is 0 Å². The molecule has 0 amide bonds. The smallest absolute Gasteiger partial charge is 0.202 e. The number of pyridine rings is 1. The minimum absolute atomic E-state index is 0.447. The number of fused-ring (bicyclic) bond motifs is 4. The molecule has 0 aliphatic carbocycles. The van der Waals surface area contributed by atoms with Crippen molar-refractivity contribution in [3.8, 4) is 0 Å². The highest BCUT2D eigenvalue weighted by Crippen LogP contribution is 2.38. The fourth-order valence-corrected chi connectivity index (χ4v) is 3.65. The van der Waals surface area contributed by atoms with E-state index in [1.807, 2.05) is 13.1 Å². The van der Waals surface area contributed by atoms with Gasteiger partial charge >= 0.3 is 0 Å². The van der Waals surface area contributed by atoms with E-state index in [2.05, 4.69) is 25.5 Å². The number of aromatic nitrogens is 3. The molecule has 2 N–H and O–H groups in total. The lowest BCUT2D eigenvalue weighted by molar-refractivity contribution is 0.0595. The van der Waals surface area contributed by atoms with Gasteiger partial charge < -0.3 is 10.6 Å². The highest BCUT2D eigenvalue weighted by Gasteiger charge is 2.36. The molecule has 2 bridgehead atoms. The third-order valence-corrected chi connectivity index (χ3v) is 4.65. The number of rotatable bonds is 1. The van der Waals surface area contributed by atoms with Gasteiger partial charge in [-0.2, -0.15) is 0 Å². The van der Waals surface area contributed by atoms with E-state index in [9.17, 15) is 0 Å². The van der Waals surface area contributed by atoms with Gasteiger partial charge in [-0.15, -0.1) is 0 Å². The number of imidazole rings is 1. The van der Waals surface area contributed by atoms with Crippen LogP contribution in [0.4, 0.5) is 5.95 Å². The first kappa shape index (κ1) is 11.2. The van der Waals surface area contributed by atoms with Crippen LogP contribution in [0.25, 0.3) is 11.2 Å². The summed E-state index contributed by atoms with van der Waals surface area (Å²) >= 11 is 0. The number of nitrogens with two attached hydrogens (primary N) is 1. The molecule has 5 rings (SSSR count). The number of hydrogen-bond acceptors (Lipinski definition) is 4. The van der Waals surface area contributed by atoms with Crippen LogP contribution in [-0.2, 0) is 0 Å². The maximum Gasteiger partial charge on any atom is 0.202 e. The van der Waals surface area contributed by atoms with Crippen molar-refractivity contribution in [2.75, 3.05) is 25.4 Å². The summed E-state index contributed by atoms with van der Waals surface area (Å²) < 4.78 is 2.17. The fraction of sp³-hybridized carbons (Fsp3) is 0.571. The van der Waals surface area contributed by atoms with Crippen molar-refractivity contribution < 1.29 is 0 Å². The van der Waals surface area contributed by atoms with Crippen molar-refractivity contribution in [2.24, 2.45) is 5.92 Å². The van der Waals surface area contributed by atoms with Crippen molar-refractivity contribution in [3.05, 3.63) is 17.8 Å². The largest absolute Gasteiger partial charge is 0.369 e. The molecular formula is C14H19N5. The van der Waals surface area contributed by atoms with E-state index in [0.29, 0.717) is 12.0 Å². The normalized spacial score (nSPS) is 30.1. The average molecular weight is 257 g/mol. The Labute approximate surface area is 112 Å². The van der Waals surface area contributed by atoms with Crippen LogP contribution in [0.2, 0.25) is 0 Å². The quantitative estimate of drug-likeness (QED) is 0.842. The number of hydrogen-bond donors (Lipinski definition) is 1. The number of nitrogens with zero attached hydrogens (tertiary/aromatic N) is 4. The van der Waals surface area contributed by atoms with Crippen LogP contribution in [0, 0.1) is 12.8 Å². The number of aryl methyl sites for hydroxylation is 1. The molecule has 5 nitrogen and oxygen atoms in total. The molecule has 5 heterocycles. The van der Waals surface area contributed by atoms with Gasteiger partial charge in [0.05, 0.1) is 6.04 Å². The molecule has 100 valence electrons. The Bertz CT molecular complexity index is 624. The predicted molar refractivity (Wildman–Crippen MR) is 74.9 cm³/mol. The number of nitrogen functional groups attached to an aromatic ring is 1. The summed E-state index contributed by atoms with van der Waals surface area (Å²) in [6.07, 6.45) is 4.45. The maximum atomic E-state index is 6.16. The molecule has 19 heavy (non-hydrogen) atoms. The molecule has 3 fully saturated rings. The van der Waals surface area contributed by atoms with E-state index >= 15 is 0 Å². The van der Waals surface area contributed by atoms with Gasteiger partial charge in [-0.25, -0.2) is 9.97 Å². The SMILES string of the molecule is Cc1cnc2c(c1)nc(N)n2C1CN2CCC1CC2. The van der Waals surface area contributed by atoms with Crippen molar-refractivity contribution >= 4 is 17.1 Å². The lowest BCUT2D eigenvalue weighted by Crippen LogP contribution is -2.48. The molecule has 2 aromatic heterocycles. The zero-order valence-electron chi connectivity index (χ0n) is 11.2. The van der Waals surface area contributed by atoms with E-state index in [1.54, 1.807) is 0 Å². The fourth-order valence-electron chi connectivity index (χ4n) is 3.65. The molecule has 0 saturated carbocycles. The molecule has 0 radical (unpaired) electrons. The van der Waals surface area contributed by atoms with Gasteiger partial charge in [0.1, 0.15) is 5.52 Å². The molecule has 3 saturated heterocycles. The van der Waals surface area contributed by atoms with E-state index in [-0.39, 0.29) is 0 Å². The summed E-state index contributed by atoms with van der Waals surface area (Å²) in [5, 5.41) is 0. The number of anilines is 1. The second-order valence-electron chi connectivity index (χ2n) is 5.90. The van der Waals surface area contributed by atoms with Crippen LogP contribution in [-0.4, -0.2) is 39.1 Å². The molecule has 1 atom stereocenters. The first-order chi connectivity index (χ1) is 9.22. The lowest BCUT2D eigenvalue weighted by atomic mass is 9.84. The zero-order valence-corrected chi connectivity index (χ0v) is 11.2. The molecule has 2 aromatic rings. The average Bonchev–Trinajstić information content (AvgIpc) is 2.75. The molecule has 3 aliphatic heterocycles. The van der Waals surface area contributed by atoms with Crippen LogP contribution in [0.1, 0.15) is 24.4 Å². The summed E-state index contributed by atoms with van der Waals surface area (Å²) in [6, 6.07) is 2.51. The third kappa shape index (κ3) is 1.64. The van der Waals surface area contributed by atoms with E-state index < -0.39 is 0 Å². The van der Waals surface area contributed by atoms with E-state index in [0.717, 1.165) is 29.2 Å².